The maximum Gasteiger partial charge on any atom is 0.308 e. The highest BCUT2D eigenvalue weighted by Gasteiger charge is 2.28. The van der Waals surface area contributed by atoms with Gasteiger partial charge in [-0.25, -0.2) is 0 Å². The van der Waals surface area contributed by atoms with Crippen molar-refractivity contribution < 1.29 is 14.3 Å². The smallest absolute Gasteiger partial charge is 0.308 e. The highest BCUT2D eigenvalue weighted by molar-refractivity contribution is 6.30. The van der Waals surface area contributed by atoms with Gasteiger partial charge >= 0.3 is 5.97 Å². The van der Waals surface area contributed by atoms with Crippen LogP contribution in [0.25, 0.3) is 0 Å². The van der Waals surface area contributed by atoms with Gasteiger partial charge in [0.2, 0.25) is 0 Å². The van der Waals surface area contributed by atoms with Crippen molar-refractivity contribution in [3.05, 3.63) is 34.9 Å². The Bertz CT molecular complexity index is 701. The second-order valence-electron chi connectivity index (χ2n) is 7.43. The Balaban J connectivity index is 1.64. The number of benzene rings is 1. The third-order valence-electron chi connectivity index (χ3n) is 5.71. The molecule has 0 aromatic heterocycles. The van der Waals surface area contributed by atoms with Crippen molar-refractivity contribution in [1.29, 1.82) is 0 Å². The third-order valence-corrected chi connectivity index (χ3v) is 5.95. The standard InChI is InChI=1S/C21H31ClN4O3/c1-23-21(26-8-6-16(7-9-26)20(27)28-2)24-15-19(25-10-12-29-13-11-25)17-4-3-5-18(22)14-17/h3-5,14,16,19H,6-13,15H2,1-2H3,(H,23,24). The Morgan fingerprint density at radius 1 is 1.31 bits per heavy atom. The van der Waals surface area contributed by atoms with Crippen LogP contribution in [0.4, 0.5) is 0 Å². The molecule has 0 spiro atoms. The molecule has 1 aromatic carbocycles. The first-order valence-electron chi connectivity index (χ1n) is 10.2. The number of halogens is 1. The number of hydrogen-bond donors (Lipinski definition) is 1. The molecule has 1 atom stereocenters. The van der Waals surface area contributed by atoms with E-state index in [2.05, 4.69) is 26.2 Å². The monoisotopic (exact) mass is 422 g/mol. The molecule has 2 aliphatic heterocycles. The van der Waals surface area contributed by atoms with Gasteiger partial charge in [-0.1, -0.05) is 23.7 Å². The van der Waals surface area contributed by atoms with E-state index in [4.69, 9.17) is 21.1 Å². The number of piperidine rings is 1. The molecule has 29 heavy (non-hydrogen) atoms. The van der Waals surface area contributed by atoms with Crippen molar-refractivity contribution in [3.63, 3.8) is 0 Å². The van der Waals surface area contributed by atoms with Gasteiger partial charge < -0.3 is 19.7 Å². The number of nitrogens with zero attached hydrogens (tertiary/aromatic N) is 3. The third kappa shape index (κ3) is 5.84. The number of methoxy groups -OCH3 is 1. The number of nitrogens with one attached hydrogen (secondary N) is 1. The molecule has 2 heterocycles. The summed E-state index contributed by atoms with van der Waals surface area (Å²) in [7, 11) is 3.26. The average molecular weight is 423 g/mol. The molecule has 0 bridgehead atoms. The van der Waals surface area contributed by atoms with Crippen LogP contribution in [0.3, 0.4) is 0 Å². The maximum atomic E-state index is 11.8. The number of guanidine groups is 1. The second kappa shape index (κ2) is 10.8. The van der Waals surface area contributed by atoms with Crippen LogP contribution in [0, 0.1) is 5.92 Å². The van der Waals surface area contributed by atoms with E-state index in [9.17, 15) is 4.79 Å². The minimum Gasteiger partial charge on any atom is -0.469 e. The molecule has 1 aromatic rings. The van der Waals surface area contributed by atoms with E-state index >= 15 is 0 Å². The summed E-state index contributed by atoms with van der Waals surface area (Å²) in [6.45, 7) is 5.57. The molecule has 2 saturated heterocycles. The zero-order valence-corrected chi connectivity index (χ0v) is 18.0. The Kier molecular flexibility index (Phi) is 8.15. The Morgan fingerprint density at radius 3 is 2.66 bits per heavy atom. The zero-order chi connectivity index (χ0) is 20.6. The van der Waals surface area contributed by atoms with E-state index in [1.165, 1.54) is 12.7 Å². The number of esters is 1. The lowest BCUT2D eigenvalue weighted by atomic mass is 9.97. The predicted molar refractivity (Wildman–Crippen MR) is 114 cm³/mol. The zero-order valence-electron chi connectivity index (χ0n) is 17.3. The summed E-state index contributed by atoms with van der Waals surface area (Å²) in [5.41, 5.74) is 1.19. The van der Waals surface area contributed by atoms with Crippen LogP contribution in [-0.4, -0.2) is 81.8 Å². The first-order chi connectivity index (χ1) is 14.1. The molecule has 0 saturated carbocycles. The van der Waals surface area contributed by atoms with E-state index in [0.717, 1.165) is 69.8 Å². The van der Waals surface area contributed by atoms with Crippen molar-refractivity contribution in [2.75, 3.05) is 60.1 Å². The number of carbonyl (C=O) groups excluding carboxylic acids is 1. The van der Waals surface area contributed by atoms with E-state index in [1.54, 1.807) is 7.05 Å². The van der Waals surface area contributed by atoms with E-state index in [0.29, 0.717) is 0 Å². The van der Waals surface area contributed by atoms with Crippen molar-refractivity contribution in [1.82, 2.24) is 15.1 Å². The maximum absolute atomic E-state index is 11.8. The molecule has 1 N–H and O–H groups in total. The molecule has 0 radical (unpaired) electrons. The minimum atomic E-state index is -0.110. The topological polar surface area (TPSA) is 66.4 Å². The number of aliphatic imine (C=N–C) groups is 1. The molecule has 1 unspecified atom stereocenters. The fraction of sp³-hybridized carbons (Fsp3) is 0.619. The van der Waals surface area contributed by atoms with Crippen molar-refractivity contribution in [2.45, 2.75) is 18.9 Å². The van der Waals surface area contributed by atoms with Crippen LogP contribution in [0.2, 0.25) is 5.02 Å². The largest absolute Gasteiger partial charge is 0.469 e. The Labute approximate surface area is 178 Å². The normalized spacial score (nSPS) is 20.4. The van der Waals surface area contributed by atoms with Gasteiger partial charge in [-0.15, -0.1) is 0 Å². The number of likely N-dealkylation sites (tertiary alicyclic amines) is 1. The Hall–Kier alpha value is -1.83. The summed E-state index contributed by atoms with van der Waals surface area (Å²) in [5, 5.41) is 4.29. The number of carbonyl (C=O) groups is 1. The molecule has 0 aliphatic carbocycles. The molecule has 7 nitrogen and oxygen atoms in total. The quantitative estimate of drug-likeness (QED) is 0.445. The van der Waals surface area contributed by atoms with Gasteiger partial charge in [0.1, 0.15) is 0 Å². The van der Waals surface area contributed by atoms with E-state index < -0.39 is 0 Å². The number of rotatable bonds is 5. The van der Waals surface area contributed by atoms with Gasteiger partial charge in [0.25, 0.3) is 0 Å². The lowest BCUT2D eigenvalue weighted by Crippen LogP contribution is -2.49. The fourth-order valence-electron chi connectivity index (χ4n) is 4.07. The lowest BCUT2D eigenvalue weighted by Gasteiger charge is -2.37. The summed E-state index contributed by atoms with van der Waals surface area (Å²) >= 11 is 6.26. The van der Waals surface area contributed by atoms with E-state index in [-0.39, 0.29) is 17.9 Å². The molecule has 8 heteroatoms. The molecule has 0 amide bonds. The van der Waals surface area contributed by atoms with Crippen molar-refractivity contribution in [2.24, 2.45) is 10.9 Å². The summed E-state index contributed by atoms with van der Waals surface area (Å²) in [6.07, 6.45) is 1.57. The van der Waals surface area contributed by atoms with Gasteiger partial charge in [0.15, 0.2) is 5.96 Å². The Morgan fingerprint density at radius 2 is 2.03 bits per heavy atom. The average Bonchev–Trinajstić information content (AvgIpc) is 2.77. The second-order valence-corrected chi connectivity index (χ2v) is 7.87. The van der Waals surface area contributed by atoms with Gasteiger partial charge in [-0.3, -0.25) is 14.7 Å². The van der Waals surface area contributed by atoms with Gasteiger partial charge in [-0.05, 0) is 30.5 Å². The first-order valence-corrected chi connectivity index (χ1v) is 10.6. The summed E-state index contributed by atoms with van der Waals surface area (Å²) in [4.78, 5) is 20.9. The van der Waals surface area contributed by atoms with Crippen LogP contribution < -0.4 is 5.32 Å². The van der Waals surface area contributed by atoms with Gasteiger partial charge in [-0.2, -0.15) is 0 Å². The minimum absolute atomic E-state index is 0.0121. The summed E-state index contributed by atoms with van der Waals surface area (Å²) in [5.74, 6) is 0.747. The molecule has 2 aliphatic rings. The highest BCUT2D eigenvalue weighted by Crippen LogP contribution is 2.24. The van der Waals surface area contributed by atoms with Crippen LogP contribution in [-0.2, 0) is 14.3 Å². The van der Waals surface area contributed by atoms with Gasteiger partial charge in [0.05, 0.1) is 32.3 Å². The number of morpholine rings is 1. The predicted octanol–water partition coefficient (Wildman–Crippen LogP) is 2.17. The van der Waals surface area contributed by atoms with Gasteiger partial charge in [0, 0.05) is 44.8 Å². The molecule has 2 fully saturated rings. The van der Waals surface area contributed by atoms with E-state index in [1.807, 2.05) is 18.2 Å². The fourth-order valence-corrected chi connectivity index (χ4v) is 4.27. The highest BCUT2D eigenvalue weighted by atomic mass is 35.5. The lowest BCUT2D eigenvalue weighted by molar-refractivity contribution is -0.146. The van der Waals surface area contributed by atoms with Crippen molar-refractivity contribution >= 4 is 23.5 Å². The molecule has 160 valence electrons. The van der Waals surface area contributed by atoms with Crippen LogP contribution in [0.5, 0.6) is 0 Å². The van der Waals surface area contributed by atoms with Crippen molar-refractivity contribution in [3.8, 4) is 0 Å². The number of hydrogen-bond acceptors (Lipinski definition) is 5. The SMILES string of the molecule is CN=C(NCC(c1cccc(Cl)c1)N1CCOCC1)N1CCC(C(=O)OC)CC1. The number of ether oxygens (including phenoxy) is 2. The summed E-state index contributed by atoms with van der Waals surface area (Å²) < 4.78 is 10.4. The summed E-state index contributed by atoms with van der Waals surface area (Å²) in [6, 6.07) is 8.24. The molecular formula is C21H31ClN4O3. The molecule has 3 rings (SSSR count). The molecular weight excluding hydrogens is 392 g/mol. The first kappa shape index (κ1) is 21.9. The van der Waals surface area contributed by atoms with Crippen LogP contribution >= 0.6 is 11.6 Å². The van der Waals surface area contributed by atoms with Crippen LogP contribution in [0.15, 0.2) is 29.3 Å². The van der Waals surface area contributed by atoms with Crippen LogP contribution in [0.1, 0.15) is 24.4 Å².